The maximum Gasteiger partial charge on any atom is 0.363 e. The zero-order chi connectivity index (χ0) is 35.5. The number of aliphatic hydroxyl groups is 1. The zero-order valence-electron chi connectivity index (χ0n) is 26.0. The van der Waals surface area contributed by atoms with Crippen LogP contribution in [0.5, 0.6) is 5.75 Å². The summed E-state index contributed by atoms with van der Waals surface area (Å²) in [6.45, 7) is 3.89. The Morgan fingerprint density at radius 1 is 1.18 bits per heavy atom. The molecule has 9 N–H and O–H groups in total. The highest BCUT2D eigenvalue weighted by Gasteiger charge is 2.60. The Balaban J connectivity index is 0.000000508. The van der Waals surface area contributed by atoms with Gasteiger partial charge in [0, 0.05) is 47.3 Å². The lowest BCUT2D eigenvalue weighted by atomic mass is 9.79. The molecule has 2 aromatic rings. The van der Waals surface area contributed by atoms with Crippen molar-refractivity contribution in [3.8, 4) is 5.75 Å². The zero-order valence-corrected chi connectivity index (χ0v) is 27.6. The van der Waals surface area contributed by atoms with Crippen molar-refractivity contribution in [3.63, 3.8) is 0 Å². The monoisotopic (exact) mass is 725 g/mol. The van der Waals surface area contributed by atoms with E-state index >= 15 is 0 Å². The number of hydrogen-bond donors (Lipinski definition) is 6. The van der Waals surface area contributed by atoms with Crippen LogP contribution in [0.4, 0.5) is 5.69 Å². The van der Waals surface area contributed by atoms with Crippen LogP contribution in [0.25, 0.3) is 0 Å². The minimum absolute atomic E-state index is 0. The number of ether oxygens (including phenoxy) is 1. The number of carbonyl (C=O) groups is 4. The highest BCUT2D eigenvalue weighted by molar-refractivity contribution is 8.03. The fourth-order valence-electron chi connectivity index (χ4n) is 5.66. The number of esters is 2. The van der Waals surface area contributed by atoms with Gasteiger partial charge in [-0.15, -0.1) is 11.8 Å². The number of aromatic carboxylic acids is 1. The van der Waals surface area contributed by atoms with Crippen molar-refractivity contribution < 1.29 is 58.1 Å². The van der Waals surface area contributed by atoms with Crippen LogP contribution < -0.4 is 15.2 Å². The highest BCUT2D eigenvalue weighted by Crippen LogP contribution is 2.52. The molecule has 3 aliphatic heterocycles. The molecular formula is C29H35N5O13S2. The van der Waals surface area contributed by atoms with E-state index in [-0.39, 0.29) is 57.5 Å². The number of nitro benzene ring substituents is 1. The maximum atomic E-state index is 13.2. The molecule has 266 valence electrons. The van der Waals surface area contributed by atoms with E-state index < -0.39 is 57.0 Å². The predicted octanol–water partition coefficient (Wildman–Crippen LogP) is -0.130. The number of fused-ring (bicyclic) bond motifs is 1. The topological polar surface area (TPSA) is 300 Å². The SMILES string of the molecule is C[C@@H](O)[C@H]1C(=O)N2C(C(=O)OC(=O)c3ccc([N+](=O)[O-])cc3)=C(S[C@@H]3CN[C@H](CNS(N)(=O)=O)C3)[C@H](C)[C@H]12.O.O=C(O)c1ccccc1O. The van der Waals surface area contributed by atoms with Gasteiger partial charge in [0.15, 0.2) is 0 Å². The summed E-state index contributed by atoms with van der Waals surface area (Å²) in [5.74, 6) is -4.90. The second-order valence-electron chi connectivity index (χ2n) is 11.2. The molecule has 5 rings (SSSR count). The fraction of sp³-hybridized carbons (Fsp3) is 0.379. The van der Waals surface area contributed by atoms with Gasteiger partial charge in [0.2, 0.25) is 5.91 Å². The Bertz CT molecular complexity index is 1750. The fourth-order valence-corrected chi connectivity index (χ4v) is 7.61. The van der Waals surface area contributed by atoms with Crippen LogP contribution in [0.15, 0.2) is 59.1 Å². The van der Waals surface area contributed by atoms with Crippen LogP contribution in [-0.2, 0) is 24.5 Å². The minimum atomic E-state index is -3.85. The number of aliphatic hydroxyl groups excluding tert-OH is 1. The number of rotatable bonds is 10. The summed E-state index contributed by atoms with van der Waals surface area (Å²) in [6.07, 6.45) is -0.414. The quantitative estimate of drug-likeness (QED) is 0.0611. The summed E-state index contributed by atoms with van der Waals surface area (Å²) >= 11 is 1.33. The number of β-lactam (4-membered cyclic amide) rings is 1. The number of nitro groups is 1. The molecular weight excluding hydrogens is 690 g/mol. The number of benzene rings is 2. The summed E-state index contributed by atoms with van der Waals surface area (Å²) in [6, 6.07) is 9.66. The van der Waals surface area contributed by atoms with Crippen LogP contribution in [-0.4, -0.2) is 99.4 Å². The number of carboxylic acids is 1. The summed E-state index contributed by atoms with van der Waals surface area (Å²) in [5, 5.41) is 46.4. The Hall–Kier alpha value is -4.44. The summed E-state index contributed by atoms with van der Waals surface area (Å²) in [5.41, 5.74) is -0.457. The standard InChI is InChI=1S/C22H27N5O9S2.C7H6O3.H2O/c1-10-17-16(11(2)28)20(29)26(17)18(19(10)37-15-7-13(24-9-15)8-25-38(23,34)35)22(31)36-21(30)12-3-5-14(6-4-12)27(32)33;8-6-4-2-1-3-5(6)7(9)10;/h3-6,10-11,13,15-17,24-25,28H,7-9H2,1-2H3,(H2,23,34,35);1-4,8H,(H,9,10);1H2/t10-,11-,13+,15+,16-,17-;;/m1../s1. The van der Waals surface area contributed by atoms with E-state index in [0.29, 0.717) is 17.9 Å². The van der Waals surface area contributed by atoms with Gasteiger partial charge in [-0.05, 0) is 37.6 Å². The van der Waals surface area contributed by atoms with Crippen molar-refractivity contribution in [2.75, 3.05) is 13.1 Å². The Morgan fingerprint density at radius 3 is 2.35 bits per heavy atom. The molecule has 6 atom stereocenters. The number of nitrogens with one attached hydrogen (secondary N) is 2. The third kappa shape index (κ3) is 8.97. The lowest BCUT2D eigenvalue weighted by Crippen LogP contribution is -2.63. The minimum Gasteiger partial charge on any atom is -0.507 e. The summed E-state index contributed by atoms with van der Waals surface area (Å²) < 4.78 is 29.7. The number of nitrogens with two attached hydrogens (primary N) is 1. The number of phenols is 1. The number of nitrogens with zero attached hydrogens (tertiary/aromatic N) is 2. The van der Waals surface area contributed by atoms with Gasteiger partial charge in [-0.25, -0.2) is 24.2 Å². The van der Waals surface area contributed by atoms with Crippen molar-refractivity contribution in [3.05, 3.63) is 80.4 Å². The molecule has 2 saturated heterocycles. The van der Waals surface area contributed by atoms with Crippen LogP contribution in [0, 0.1) is 22.0 Å². The smallest absolute Gasteiger partial charge is 0.363 e. The maximum absolute atomic E-state index is 13.2. The van der Waals surface area contributed by atoms with E-state index in [9.17, 15) is 42.8 Å². The van der Waals surface area contributed by atoms with Crippen LogP contribution >= 0.6 is 11.8 Å². The Kier molecular flexibility index (Phi) is 12.6. The van der Waals surface area contributed by atoms with Gasteiger partial charge in [0.25, 0.3) is 15.9 Å². The first-order chi connectivity index (χ1) is 22.5. The Labute approximate surface area is 283 Å². The van der Waals surface area contributed by atoms with Gasteiger partial charge in [0.1, 0.15) is 17.0 Å². The van der Waals surface area contributed by atoms with E-state index in [1.807, 2.05) is 6.92 Å². The summed E-state index contributed by atoms with van der Waals surface area (Å²) in [4.78, 5) is 61.0. The van der Waals surface area contributed by atoms with E-state index in [2.05, 4.69) is 10.0 Å². The second-order valence-corrected chi connectivity index (χ2v) is 14.0. The van der Waals surface area contributed by atoms with E-state index in [4.69, 9.17) is 20.1 Å². The molecule has 1 amide bonds. The number of hydrogen-bond acceptors (Lipinski definition) is 13. The number of carbonyl (C=O) groups excluding carboxylic acids is 3. The molecule has 0 unspecified atom stereocenters. The average molecular weight is 726 g/mol. The molecule has 0 aromatic heterocycles. The molecule has 18 nitrogen and oxygen atoms in total. The molecule has 2 aromatic carbocycles. The van der Waals surface area contributed by atoms with Crippen LogP contribution in [0.3, 0.4) is 0 Å². The number of carboxylic acid groups (broad SMARTS) is 1. The van der Waals surface area contributed by atoms with E-state index in [1.54, 1.807) is 12.1 Å². The number of thioether (sulfide) groups is 1. The highest BCUT2D eigenvalue weighted by atomic mass is 32.2. The van der Waals surface area contributed by atoms with E-state index in [1.165, 1.54) is 35.7 Å². The van der Waals surface area contributed by atoms with Crippen molar-refractivity contribution in [1.82, 2.24) is 14.9 Å². The molecule has 0 bridgehead atoms. The van der Waals surface area contributed by atoms with Crippen LogP contribution in [0.2, 0.25) is 0 Å². The molecule has 49 heavy (non-hydrogen) atoms. The van der Waals surface area contributed by atoms with Crippen molar-refractivity contribution in [1.29, 1.82) is 0 Å². The summed E-state index contributed by atoms with van der Waals surface area (Å²) in [7, 11) is -3.85. The predicted molar refractivity (Wildman–Crippen MR) is 173 cm³/mol. The number of amides is 1. The van der Waals surface area contributed by atoms with Gasteiger partial charge in [-0.2, -0.15) is 8.42 Å². The Morgan fingerprint density at radius 2 is 1.82 bits per heavy atom. The first kappa shape index (κ1) is 39.0. The molecule has 0 aliphatic carbocycles. The lowest BCUT2D eigenvalue weighted by Gasteiger charge is -2.46. The van der Waals surface area contributed by atoms with Gasteiger partial charge in [-0.1, -0.05) is 19.1 Å². The van der Waals surface area contributed by atoms with Crippen molar-refractivity contribution in [2.45, 2.75) is 43.7 Å². The lowest BCUT2D eigenvalue weighted by molar-refractivity contribution is -0.384. The van der Waals surface area contributed by atoms with Crippen molar-refractivity contribution in [2.24, 2.45) is 17.0 Å². The normalized spacial score (nSPS) is 23.3. The third-order valence-corrected chi connectivity index (χ3v) is 10.0. The van der Waals surface area contributed by atoms with Gasteiger partial charge in [0.05, 0.1) is 28.6 Å². The molecule has 0 saturated carbocycles. The van der Waals surface area contributed by atoms with Crippen LogP contribution in [0.1, 0.15) is 41.0 Å². The molecule has 0 radical (unpaired) electrons. The average Bonchev–Trinajstić information content (AvgIpc) is 3.56. The van der Waals surface area contributed by atoms with Crippen molar-refractivity contribution >= 4 is 51.5 Å². The van der Waals surface area contributed by atoms with Gasteiger partial charge >= 0.3 is 17.9 Å². The first-order valence-corrected chi connectivity index (χ1v) is 16.9. The molecule has 2 fully saturated rings. The number of aromatic hydroxyl groups is 1. The van der Waals surface area contributed by atoms with Gasteiger partial charge < -0.3 is 35.7 Å². The first-order valence-electron chi connectivity index (χ1n) is 14.4. The molecule has 20 heteroatoms. The molecule has 3 aliphatic rings. The largest absolute Gasteiger partial charge is 0.507 e. The number of para-hydroxylation sites is 1. The van der Waals surface area contributed by atoms with E-state index in [0.717, 1.165) is 24.3 Å². The van der Waals surface area contributed by atoms with Gasteiger partial charge in [-0.3, -0.25) is 14.9 Å². The molecule has 0 spiro atoms. The third-order valence-electron chi connectivity index (χ3n) is 7.94. The number of non-ortho nitro benzene ring substituents is 1. The molecule has 3 heterocycles. The second kappa shape index (κ2) is 15.8.